The number of aromatic nitrogens is 2. The Labute approximate surface area is 153 Å². The normalized spacial score (nSPS) is 31.2. The number of methoxy groups -OCH3 is 1. The highest BCUT2D eigenvalue weighted by Gasteiger charge is 2.58. The van der Waals surface area contributed by atoms with Gasteiger partial charge in [0.25, 0.3) is 0 Å². The maximum atomic E-state index is 11.8. The van der Waals surface area contributed by atoms with Crippen molar-refractivity contribution >= 4 is 9.84 Å². The largest absolute Gasteiger partial charge is 0.481 e. The molecule has 2 aliphatic rings. The molecule has 4 atom stereocenters. The molecule has 2 fully saturated rings. The number of fused-ring (bicyclic) bond motifs is 1. The van der Waals surface area contributed by atoms with Gasteiger partial charge in [-0.1, -0.05) is 6.92 Å². The maximum Gasteiger partial charge on any atom is 0.250 e. The highest BCUT2D eigenvalue weighted by molar-refractivity contribution is 7.90. The highest BCUT2D eigenvalue weighted by atomic mass is 32.2. The lowest BCUT2D eigenvalue weighted by Gasteiger charge is -2.30. The average Bonchev–Trinajstić information content (AvgIpc) is 2.95. The van der Waals surface area contributed by atoms with E-state index in [4.69, 9.17) is 14.2 Å². The number of hydrogen-bond acceptors (Lipinski definition) is 9. The lowest BCUT2D eigenvalue weighted by molar-refractivity contribution is -0.217. The third kappa shape index (κ3) is 3.09. The summed E-state index contributed by atoms with van der Waals surface area (Å²) in [5, 5.41) is 11.7. The molecule has 0 amide bonds. The first-order valence-corrected chi connectivity index (χ1v) is 10.3. The Morgan fingerprint density at radius 2 is 1.88 bits per heavy atom. The van der Waals surface area contributed by atoms with Crippen LogP contribution in [0.3, 0.4) is 0 Å². The molecule has 26 heavy (non-hydrogen) atoms. The van der Waals surface area contributed by atoms with Crippen LogP contribution in [0.5, 0.6) is 5.88 Å². The quantitative estimate of drug-likeness (QED) is 0.763. The van der Waals surface area contributed by atoms with Gasteiger partial charge in [-0.05, 0) is 27.2 Å². The molecule has 10 heteroatoms. The fourth-order valence-corrected chi connectivity index (χ4v) is 4.33. The van der Waals surface area contributed by atoms with Crippen molar-refractivity contribution in [3.8, 4) is 5.88 Å². The van der Waals surface area contributed by atoms with Crippen molar-refractivity contribution in [3.05, 3.63) is 11.3 Å². The second-order valence-electron chi connectivity index (χ2n) is 7.15. The molecule has 0 unspecified atom stereocenters. The zero-order chi connectivity index (χ0) is 19.4. The number of ether oxygens (including phenoxy) is 3. The van der Waals surface area contributed by atoms with Gasteiger partial charge in [-0.2, -0.15) is 10.0 Å². The predicted octanol–water partition coefficient (Wildman–Crippen LogP) is 1.24. The van der Waals surface area contributed by atoms with Gasteiger partial charge in [0, 0.05) is 6.26 Å². The summed E-state index contributed by atoms with van der Waals surface area (Å²) in [6.45, 7) is 7.26. The minimum Gasteiger partial charge on any atom is -0.481 e. The lowest BCUT2D eigenvalue weighted by atomic mass is 10.00. The van der Waals surface area contributed by atoms with Crippen molar-refractivity contribution in [2.24, 2.45) is 0 Å². The molecule has 2 saturated heterocycles. The van der Waals surface area contributed by atoms with Crippen molar-refractivity contribution in [3.63, 3.8) is 0 Å². The molecule has 3 rings (SSSR count). The molecule has 2 aliphatic heterocycles. The zero-order valence-electron chi connectivity index (χ0n) is 15.8. The van der Waals surface area contributed by atoms with Crippen LogP contribution in [-0.4, -0.2) is 66.1 Å². The van der Waals surface area contributed by atoms with Crippen molar-refractivity contribution in [2.45, 2.75) is 69.4 Å². The van der Waals surface area contributed by atoms with Gasteiger partial charge in [0.05, 0.1) is 30.5 Å². The van der Waals surface area contributed by atoms with E-state index in [9.17, 15) is 13.6 Å². The summed E-state index contributed by atoms with van der Waals surface area (Å²) in [4.78, 5) is 8.17. The van der Waals surface area contributed by atoms with Gasteiger partial charge in [0.1, 0.15) is 12.2 Å². The Bertz CT molecular complexity index is 812. The van der Waals surface area contributed by atoms with Crippen LogP contribution in [0.25, 0.3) is 0 Å². The summed E-state index contributed by atoms with van der Waals surface area (Å²) >= 11 is 0. The van der Waals surface area contributed by atoms with Gasteiger partial charge in [-0.15, -0.1) is 0 Å². The van der Waals surface area contributed by atoms with E-state index in [2.05, 4.69) is 9.97 Å². The smallest absolute Gasteiger partial charge is 0.250 e. The van der Waals surface area contributed by atoms with E-state index in [-0.39, 0.29) is 23.2 Å². The fourth-order valence-electron chi connectivity index (χ4n) is 3.77. The summed E-state index contributed by atoms with van der Waals surface area (Å²) in [6.07, 6.45) is 0.898. The number of hydrogen-bond donors (Lipinski definition) is 1. The van der Waals surface area contributed by atoms with Gasteiger partial charge < -0.3 is 19.4 Å². The van der Waals surface area contributed by atoms with E-state index in [0.29, 0.717) is 17.7 Å². The fraction of sp³-hybridized carbons (Fsp3) is 0.750. The summed E-state index contributed by atoms with van der Waals surface area (Å²) in [7, 11) is -2.20. The molecular formula is C16H25N3O6S. The van der Waals surface area contributed by atoms with Crippen LogP contribution in [0.15, 0.2) is 5.16 Å². The molecule has 1 aromatic heterocycles. The molecule has 9 nitrogen and oxygen atoms in total. The Balaban J connectivity index is 2.13. The average molecular weight is 387 g/mol. The van der Waals surface area contributed by atoms with Gasteiger partial charge in [-0.3, -0.25) is 0 Å². The molecule has 1 N–H and O–H groups in total. The summed E-state index contributed by atoms with van der Waals surface area (Å²) in [6, 6.07) is -0.902. The molecular weight excluding hydrogens is 362 g/mol. The number of aryl methyl sites for hydroxylation is 1. The van der Waals surface area contributed by atoms with Gasteiger partial charge in [-0.25, -0.2) is 13.4 Å². The third-order valence-electron chi connectivity index (χ3n) is 4.80. The van der Waals surface area contributed by atoms with E-state index in [0.717, 1.165) is 6.26 Å². The van der Waals surface area contributed by atoms with Crippen LogP contribution in [0.2, 0.25) is 0 Å². The number of sulfone groups is 1. The molecule has 0 aliphatic carbocycles. The second kappa shape index (κ2) is 6.38. The molecule has 0 bridgehead atoms. The molecule has 0 spiro atoms. The summed E-state index contributed by atoms with van der Waals surface area (Å²) < 4.78 is 41.0. The first-order valence-electron chi connectivity index (χ1n) is 8.45. The maximum absolute atomic E-state index is 11.8. The Morgan fingerprint density at radius 1 is 1.27 bits per heavy atom. The first kappa shape index (κ1) is 19.4. The SMILES string of the molecule is CC[C@@H]1[C@H]2OC(C)(C)O[C@H]2[C@H](c2c(C)nc(S(C)(=O)=O)nc2OC)N1O. The van der Waals surface area contributed by atoms with Crippen molar-refractivity contribution < 1.29 is 27.8 Å². The topological polar surface area (TPSA) is 111 Å². The zero-order valence-corrected chi connectivity index (χ0v) is 16.6. The summed E-state index contributed by atoms with van der Waals surface area (Å²) in [5.74, 6) is -0.678. The van der Waals surface area contributed by atoms with Crippen LogP contribution in [-0.2, 0) is 19.3 Å². The molecule has 1 aromatic rings. The monoisotopic (exact) mass is 387 g/mol. The molecule has 3 heterocycles. The first-order chi connectivity index (χ1) is 12.0. The van der Waals surface area contributed by atoms with Crippen LogP contribution >= 0.6 is 0 Å². The van der Waals surface area contributed by atoms with Crippen LogP contribution in [0.1, 0.15) is 44.5 Å². The van der Waals surface area contributed by atoms with Crippen LogP contribution in [0.4, 0.5) is 0 Å². The van der Waals surface area contributed by atoms with Gasteiger partial charge in [0.2, 0.25) is 20.9 Å². The van der Waals surface area contributed by atoms with E-state index in [1.165, 1.54) is 12.2 Å². The minimum absolute atomic E-state index is 0.103. The number of nitrogens with zero attached hydrogens (tertiary/aromatic N) is 3. The standard InChI is InChI=1S/C16H25N3O6S/c1-7-9-12-13(25-16(3,4)24-12)11(19(9)20)10-8(2)17-15(26(6,21)22)18-14(10)23-5/h9,11-13,20H,7H2,1-6H3/t9-,11+,12-,13+/m1/s1. The van der Waals surface area contributed by atoms with Crippen LogP contribution in [0, 0.1) is 6.92 Å². The Morgan fingerprint density at radius 3 is 2.42 bits per heavy atom. The number of rotatable bonds is 4. The van der Waals surface area contributed by atoms with Crippen molar-refractivity contribution in [1.82, 2.24) is 15.0 Å². The highest BCUT2D eigenvalue weighted by Crippen LogP contribution is 2.49. The molecule has 0 radical (unpaired) electrons. The predicted molar refractivity (Wildman–Crippen MR) is 90.7 cm³/mol. The Hall–Kier alpha value is -1.33. The molecule has 146 valence electrons. The lowest BCUT2D eigenvalue weighted by Crippen LogP contribution is -2.37. The van der Waals surface area contributed by atoms with Crippen molar-refractivity contribution in [1.29, 1.82) is 0 Å². The second-order valence-corrected chi connectivity index (χ2v) is 9.06. The Kier molecular flexibility index (Phi) is 4.77. The number of hydroxylamine groups is 2. The minimum atomic E-state index is -3.60. The van der Waals surface area contributed by atoms with E-state index in [1.807, 2.05) is 20.8 Å². The van der Waals surface area contributed by atoms with E-state index in [1.54, 1.807) is 6.92 Å². The third-order valence-corrected chi connectivity index (χ3v) is 5.64. The van der Waals surface area contributed by atoms with E-state index >= 15 is 0 Å². The van der Waals surface area contributed by atoms with Crippen LogP contribution < -0.4 is 4.74 Å². The summed E-state index contributed by atoms with van der Waals surface area (Å²) in [5.41, 5.74) is 0.903. The molecule has 0 aromatic carbocycles. The molecule has 0 saturated carbocycles. The van der Waals surface area contributed by atoms with Crippen molar-refractivity contribution in [2.75, 3.05) is 13.4 Å². The van der Waals surface area contributed by atoms with E-state index < -0.39 is 27.8 Å². The van der Waals surface area contributed by atoms with Gasteiger partial charge in [0.15, 0.2) is 5.79 Å². The van der Waals surface area contributed by atoms with Gasteiger partial charge >= 0.3 is 0 Å².